The van der Waals surface area contributed by atoms with Gasteiger partial charge in [0.2, 0.25) is 0 Å². The van der Waals surface area contributed by atoms with Crippen molar-refractivity contribution in [2.24, 2.45) is 5.92 Å². The maximum atomic E-state index is 2.44. The van der Waals surface area contributed by atoms with E-state index in [0.29, 0.717) is 0 Å². The minimum Gasteiger partial charge on any atom is -0.338 e. The lowest BCUT2D eigenvalue weighted by atomic mass is 9.89. The minimum absolute atomic E-state index is 0.794. The Bertz CT molecular complexity index is 528. The van der Waals surface area contributed by atoms with Crippen LogP contribution < -0.4 is 4.90 Å². The molecule has 0 unspecified atom stereocenters. The second-order valence-corrected chi connectivity index (χ2v) is 6.11. The Labute approximate surface area is 134 Å². The molecule has 0 saturated heterocycles. The standard InChI is InChI=1S/C21H25N/c1-4-11-19(12-5-1)13-10-18-22(20-14-6-2-7-15-20)21-16-8-3-9-17-21/h2-3,6-10,13-17,19H,1,4-5,11-12,18H2/b13-10+. The van der Waals surface area contributed by atoms with E-state index in [4.69, 9.17) is 0 Å². The van der Waals surface area contributed by atoms with Crippen LogP contribution in [0.3, 0.4) is 0 Å². The summed E-state index contributed by atoms with van der Waals surface area (Å²) in [5.74, 6) is 0.794. The topological polar surface area (TPSA) is 3.24 Å². The number of benzene rings is 2. The molecule has 0 aromatic heterocycles. The van der Waals surface area contributed by atoms with E-state index in [0.717, 1.165) is 12.5 Å². The average molecular weight is 291 g/mol. The predicted octanol–water partition coefficient (Wildman–Crippen LogP) is 5.96. The molecule has 1 nitrogen and oxygen atoms in total. The van der Waals surface area contributed by atoms with Gasteiger partial charge in [-0.15, -0.1) is 0 Å². The Morgan fingerprint density at radius 1 is 0.773 bits per heavy atom. The van der Waals surface area contributed by atoms with Crippen LogP contribution in [0.15, 0.2) is 72.8 Å². The van der Waals surface area contributed by atoms with Gasteiger partial charge in [-0.05, 0) is 43.0 Å². The van der Waals surface area contributed by atoms with Gasteiger partial charge in [-0.1, -0.05) is 67.8 Å². The summed E-state index contributed by atoms with van der Waals surface area (Å²) in [6.45, 7) is 0.935. The monoisotopic (exact) mass is 291 g/mol. The SMILES string of the molecule is C(=C\C1CCCCC1)/CN(c1ccccc1)c1ccccc1. The summed E-state index contributed by atoms with van der Waals surface area (Å²) < 4.78 is 0. The van der Waals surface area contributed by atoms with E-state index in [1.165, 1.54) is 43.5 Å². The minimum atomic E-state index is 0.794. The quantitative estimate of drug-likeness (QED) is 0.614. The second kappa shape index (κ2) is 7.84. The van der Waals surface area contributed by atoms with Crippen LogP contribution in [0.5, 0.6) is 0 Å². The van der Waals surface area contributed by atoms with Crippen molar-refractivity contribution in [3.05, 3.63) is 72.8 Å². The molecule has 0 bridgehead atoms. The summed E-state index contributed by atoms with van der Waals surface area (Å²) in [4.78, 5) is 2.37. The number of hydrogen-bond donors (Lipinski definition) is 0. The van der Waals surface area contributed by atoms with Crippen LogP contribution in [-0.2, 0) is 0 Å². The fraction of sp³-hybridized carbons (Fsp3) is 0.333. The second-order valence-electron chi connectivity index (χ2n) is 6.11. The zero-order valence-corrected chi connectivity index (χ0v) is 13.2. The lowest BCUT2D eigenvalue weighted by Crippen LogP contribution is -2.17. The molecule has 0 atom stereocenters. The summed E-state index contributed by atoms with van der Waals surface area (Å²) in [6, 6.07) is 21.3. The van der Waals surface area contributed by atoms with Crippen LogP contribution in [0, 0.1) is 5.92 Å². The number of nitrogens with zero attached hydrogens (tertiary/aromatic N) is 1. The van der Waals surface area contributed by atoms with Gasteiger partial charge < -0.3 is 4.90 Å². The van der Waals surface area contributed by atoms with Gasteiger partial charge in [0.05, 0.1) is 0 Å². The van der Waals surface area contributed by atoms with Crippen molar-refractivity contribution < 1.29 is 0 Å². The molecule has 0 heterocycles. The number of anilines is 2. The molecule has 0 aliphatic heterocycles. The molecule has 0 spiro atoms. The van der Waals surface area contributed by atoms with E-state index >= 15 is 0 Å². The molecule has 2 aromatic carbocycles. The van der Waals surface area contributed by atoms with Crippen LogP contribution in [0.4, 0.5) is 11.4 Å². The molecule has 1 aliphatic carbocycles. The highest BCUT2D eigenvalue weighted by molar-refractivity contribution is 5.63. The first kappa shape index (κ1) is 14.9. The molecule has 2 aromatic rings. The fourth-order valence-electron chi connectivity index (χ4n) is 3.26. The van der Waals surface area contributed by atoms with Gasteiger partial charge in [0.1, 0.15) is 0 Å². The van der Waals surface area contributed by atoms with E-state index in [-0.39, 0.29) is 0 Å². The number of allylic oxidation sites excluding steroid dienone is 1. The van der Waals surface area contributed by atoms with Gasteiger partial charge in [-0.2, -0.15) is 0 Å². The van der Waals surface area contributed by atoms with Crippen molar-refractivity contribution in [3.63, 3.8) is 0 Å². The molecule has 0 amide bonds. The lowest BCUT2D eigenvalue weighted by molar-refractivity contribution is 0.419. The van der Waals surface area contributed by atoms with Crippen molar-refractivity contribution in [2.75, 3.05) is 11.4 Å². The van der Waals surface area contributed by atoms with E-state index in [1.807, 2.05) is 0 Å². The van der Waals surface area contributed by atoms with Gasteiger partial charge in [0.25, 0.3) is 0 Å². The van der Waals surface area contributed by atoms with Crippen LogP contribution in [0.1, 0.15) is 32.1 Å². The molecular weight excluding hydrogens is 266 g/mol. The van der Waals surface area contributed by atoms with Gasteiger partial charge in [0, 0.05) is 17.9 Å². The molecule has 0 N–H and O–H groups in total. The van der Waals surface area contributed by atoms with Gasteiger partial charge in [-0.3, -0.25) is 0 Å². The summed E-state index contributed by atoms with van der Waals surface area (Å²) in [6.07, 6.45) is 11.8. The predicted molar refractivity (Wildman–Crippen MR) is 95.6 cm³/mol. The number of rotatable bonds is 5. The van der Waals surface area contributed by atoms with Crippen molar-refractivity contribution >= 4 is 11.4 Å². The third-order valence-electron chi connectivity index (χ3n) is 4.48. The van der Waals surface area contributed by atoms with E-state index in [2.05, 4.69) is 77.7 Å². The molecule has 114 valence electrons. The summed E-state index contributed by atoms with van der Waals surface area (Å²) in [7, 11) is 0. The normalized spacial score (nSPS) is 16.0. The smallest absolute Gasteiger partial charge is 0.0413 e. The van der Waals surface area contributed by atoms with Crippen molar-refractivity contribution in [1.29, 1.82) is 0 Å². The Morgan fingerprint density at radius 2 is 1.32 bits per heavy atom. The molecule has 1 aliphatic rings. The number of para-hydroxylation sites is 2. The van der Waals surface area contributed by atoms with Crippen molar-refractivity contribution in [3.8, 4) is 0 Å². The summed E-state index contributed by atoms with van der Waals surface area (Å²) in [5, 5.41) is 0. The maximum Gasteiger partial charge on any atom is 0.0413 e. The van der Waals surface area contributed by atoms with Crippen molar-refractivity contribution in [1.82, 2.24) is 0 Å². The molecule has 0 radical (unpaired) electrons. The average Bonchev–Trinajstić information content (AvgIpc) is 2.61. The third-order valence-corrected chi connectivity index (χ3v) is 4.48. The van der Waals surface area contributed by atoms with Gasteiger partial charge >= 0.3 is 0 Å². The first-order chi connectivity index (χ1) is 10.9. The highest BCUT2D eigenvalue weighted by atomic mass is 15.1. The highest BCUT2D eigenvalue weighted by Gasteiger charge is 2.10. The fourth-order valence-corrected chi connectivity index (χ4v) is 3.26. The van der Waals surface area contributed by atoms with E-state index in [9.17, 15) is 0 Å². The first-order valence-electron chi connectivity index (χ1n) is 8.48. The Kier molecular flexibility index (Phi) is 5.31. The van der Waals surface area contributed by atoms with Gasteiger partial charge in [0.15, 0.2) is 0 Å². The van der Waals surface area contributed by atoms with Crippen LogP contribution in [0.25, 0.3) is 0 Å². The zero-order chi connectivity index (χ0) is 15.0. The van der Waals surface area contributed by atoms with Crippen LogP contribution in [0.2, 0.25) is 0 Å². The third kappa shape index (κ3) is 4.00. The zero-order valence-electron chi connectivity index (χ0n) is 13.2. The van der Waals surface area contributed by atoms with Crippen molar-refractivity contribution in [2.45, 2.75) is 32.1 Å². The first-order valence-corrected chi connectivity index (χ1v) is 8.48. The summed E-state index contributed by atoms with van der Waals surface area (Å²) in [5.41, 5.74) is 2.50. The maximum absolute atomic E-state index is 2.44. The Balaban J connectivity index is 1.73. The molecule has 3 rings (SSSR count). The molecule has 1 saturated carbocycles. The molecule has 1 fully saturated rings. The van der Waals surface area contributed by atoms with Crippen LogP contribution in [-0.4, -0.2) is 6.54 Å². The number of hydrogen-bond acceptors (Lipinski definition) is 1. The molecule has 1 heteroatoms. The molecular formula is C21H25N. The van der Waals surface area contributed by atoms with Crippen LogP contribution >= 0.6 is 0 Å². The Hall–Kier alpha value is -2.02. The summed E-state index contributed by atoms with van der Waals surface area (Å²) >= 11 is 0. The molecule has 22 heavy (non-hydrogen) atoms. The highest BCUT2D eigenvalue weighted by Crippen LogP contribution is 2.26. The largest absolute Gasteiger partial charge is 0.338 e. The van der Waals surface area contributed by atoms with E-state index in [1.54, 1.807) is 0 Å². The Morgan fingerprint density at radius 3 is 1.86 bits per heavy atom. The van der Waals surface area contributed by atoms with E-state index < -0.39 is 0 Å². The lowest BCUT2D eigenvalue weighted by Gasteiger charge is -2.24. The van der Waals surface area contributed by atoms with Gasteiger partial charge in [-0.25, -0.2) is 0 Å².